The molecular weight excluding hydrogens is 220 g/mol. The summed E-state index contributed by atoms with van der Waals surface area (Å²) in [5, 5.41) is 3.87. The largest absolute Gasteiger partial charge is 0.314 e. The predicted octanol–water partition coefficient (Wildman–Crippen LogP) is 3.42. The molecule has 0 bridgehead atoms. The maximum Gasteiger partial charge on any atom is 0.0111 e. The minimum absolute atomic E-state index is 0.806. The molecule has 0 amide bonds. The van der Waals surface area contributed by atoms with Crippen molar-refractivity contribution in [2.45, 2.75) is 77.3 Å². The third-order valence-corrected chi connectivity index (χ3v) is 5.06. The molecule has 2 rings (SSSR count). The highest BCUT2D eigenvalue weighted by Gasteiger charge is 2.31. The lowest BCUT2D eigenvalue weighted by atomic mass is 9.95. The van der Waals surface area contributed by atoms with Crippen molar-refractivity contribution < 1.29 is 0 Å². The van der Waals surface area contributed by atoms with E-state index in [9.17, 15) is 0 Å². The summed E-state index contributed by atoms with van der Waals surface area (Å²) in [4.78, 5) is 2.71. The highest BCUT2D eigenvalue weighted by molar-refractivity contribution is 4.89. The van der Waals surface area contributed by atoms with E-state index < -0.39 is 0 Å². The van der Waals surface area contributed by atoms with E-state index in [0.29, 0.717) is 0 Å². The molecule has 0 aromatic carbocycles. The molecule has 1 N–H and O–H groups in total. The molecule has 3 atom stereocenters. The van der Waals surface area contributed by atoms with E-state index in [2.05, 4.69) is 24.1 Å². The first-order valence-electron chi connectivity index (χ1n) is 8.30. The molecule has 2 aliphatic rings. The minimum Gasteiger partial charge on any atom is -0.314 e. The number of unbranched alkanes of at least 4 members (excludes halogenated alkanes) is 1. The monoisotopic (exact) mass is 252 g/mol. The van der Waals surface area contributed by atoms with Gasteiger partial charge in [-0.3, -0.25) is 0 Å². The Bertz CT molecular complexity index is 229. The molecule has 2 heteroatoms. The van der Waals surface area contributed by atoms with Gasteiger partial charge in [-0.15, -0.1) is 0 Å². The molecule has 106 valence electrons. The van der Waals surface area contributed by atoms with Crippen molar-refractivity contribution in [2.75, 3.05) is 19.6 Å². The second kappa shape index (κ2) is 7.49. The second-order valence-electron chi connectivity index (χ2n) is 6.38. The first-order chi connectivity index (χ1) is 8.83. The zero-order valence-electron chi connectivity index (χ0n) is 12.5. The highest BCUT2D eigenvalue weighted by atomic mass is 15.2. The van der Waals surface area contributed by atoms with Gasteiger partial charge in [-0.1, -0.05) is 33.1 Å². The van der Waals surface area contributed by atoms with Crippen molar-refractivity contribution in [3.8, 4) is 0 Å². The molecule has 18 heavy (non-hydrogen) atoms. The summed E-state index contributed by atoms with van der Waals surface area (Å²) < 4.78 is 0. The molecule has 2 aliphatic heterocycles. The van der Waals surface area contributed by atoms with Crippen LogP contribution in [0.5, 0.6) is 0 Å². The van der Waals surface area contributed by atoms with Gasteiger partial charge in [0.15, 0.2) is 0 Å². The minimum atomic E-state index is 0.806. The van der Waals surface area contributed by atoms with Gasteiger partial charge in [0.1, 0.15) is 0 Å². The predicted molar refractivity (Wildman–Crippen MR) is 78.9 cm³/mol. The van der Waals surface area contributed by atoms with Gasteiger partial charge < -0.3 is 10.2 Å². The van der Waals surface area contributed by atoms with Gasteiger partial charge in [-0.05, 0) is 57.7 Å². The number of hydrogen-bond donors (Lipinski definition) is 1. The number of nitrogens with zero attached hydrogens (tertiary/aromatic N) is 1. The van der Waals surface area contributed by atoms with Crippen molar-refractivity contribution in [1.82, 2.24) is 10.2 Å². The lowest BCUT2D eigenvalue weighted by Crippen LogP contribution is -2.46. The van der Waals surface area contributed by atoms with Gasteiger partial charge in [-0.2, -0.15) is 0 Å². The van der Waals surface area contributed by atoms with Crippen molar-refractivity contribution in [1.29, 1.82) is 0 Å². The molecule has 0 aliphatic carbocycles. The first-order valence-corrected chi connectivity index (χ1v) is 8.30. The smallest absolute Gasteiger partial charge is 0.0111 e. The topological polar surface area (TPSA) is 15.3 Å². The van der Waals surface area contributed by atoms with Crippen molar-refractivity contribution >= 4 is 0 Å². The van der Waals surface area contributed by atoms with Crippen LogP contribution >= 0.6 is 0 Å². The lowest BCUT2D eigenvalue weighted by Gasteiger charge is -2.36. The summed E-state index contributed by atoms with van der Waals surface area (Å²) in [5.74, 6) is 0.909. The second-order valence-corrected chi connectivity index (χ2v) is 6.38. The molecule has 2 fully saturated rings. The zero-order chi connectivity index (χ0) is 12.8. The fraction of sp³-hybridized carbons (Fsp3) is 1.00. The van der Waals surface area contributed by atoms with Crippen LogP contribution in [0, 0.1) is 5.92 Å². The third kappa shape index (κ3) is 3.96. The van der Waals surface area contributed by atoms with Gasteiger partial charge in [0.05, 0.1) is 0 Å². The molecule has 2 heterocycles. The summed E-state index contributed by atoms with van der Waals surface area (Å²) in [6.07, 6.45) is 11.2. The van der Waals surface area contributed by atoms with Crippen molar-refractivity contribution in [2.24, 2.45) is 5.92 Å². The molecular formula is C16H32N2. The van der Waals surface area contributed by atoms with Gasteiger partial charge in [0, 0.05) is 12.1 Å². The summed E-state index contributed by atoms with van der Waals surface area (Å²) >= 11 is 0. The molecule has 2 nitrogen and oxygen atoms in total. The Labute approximate surface area is 114 Å². The zero-order valence-corrected chi connectivity index (χ0v) is 12.5. The fourth-order valence-electron chi connectivity index (χ4n) is 3.69. The summed E-state index contributed by atoms with van der Waals surface area (Å²) in [7, 11) is 0. The molecule has 0 radical (unpaired) electrons. The Morgan fingerprint density at radius 3 is 2.89 bits per heavy atom. The Kier molecular flexibility index (Phi) is 5.97. The van der Waals surface area contributed by atoms with E-state index in [0.717, 1.165) is 18.0 Å². The van der Waals surface area contributed by atoms with Crippen LogP contribution in [0.3, 0.4) is 0 Å². The van der Waals surface area contributed by atoms with E-state index in [1.165, 1.54) is 71.0 Å². The van der Waals surface area contributed by atoms with Crippen LogP contribution in [0.25, 0.3) is 0 Å². The van der Waals surface area contributed by atoms with Crippen LogP contribution in [-0.2, 0) is 0 Å². The molecule has 3 unspecified atom stereocenters. The third-order valence-electron chi connectivity index (χ3n) is 5.06. The number of nitrogens with one attached hydrogen (secondary N) is 1. The Balaban J connectivity index is 1.66. The van der Waals surface area contributed by atoms with Crippen molar-refractivity contribution in [3.05, 3.63) is 0 Å². The van der Waals surface area contributed by atoms with E-state index in [4.69, 9.17) is 0 Å². The normalized spacial score (nSPS) is 30.3. The summed E-state index contributed by atoms with van der Waals surface area (Å²) in [6.45, 7) is 8.62. The Morgan fingerprint density at radius 2 is 2.11 bits per heavy atom. The fourth-order valence-corrected chi connectivity index (χ4v) is 3.69. The van der Waals surface area contributed by atoms with Crippen LogP contribution in [0.1, 0.15) is 65.2 Å². The standard InChI is InChI=1S/C16H32N2/c1-3-5-7-14(4-2)13-17-15-9-11-18-10-6-8-16(18)12-15/h14-17H,3-13H2,1-2H3. The SMILES string of the molecule is CCCCC(CC)CNC1CCN2CCCC2C1. The quantitative estimate of drug-likeness (QED) is 0.747. The van der Waals surface area contributed by atoms with E-state index in [-0.39, 0.29) is 0 Å². The van der Waals surface area contributed by atoms with E-state index >= 15 is 0 Å². The van der Waals surface area contributed by atoms with Gasteiger partial charge in [-0.25, -0.2) is 0 Å². The Morgan fingerprint density at radius 1 is 1.22 bits per heavy atom. The molecule has 0 saturated carbocycles. The average Bonchev–Trinajstić information content (AvgIpc) is 2.86. The summed E-state index contributed by atoms with van der Waals surface area (Å²) in [5.41, 5.74) is 0. The Hall–Kier alpha value is -0.0800. The summed E-state index contributed by atoms with van der Waals surface area (Å²) in [6, 6.07) is 1.71. The number of hydrogen-bond acceptors (Lipinski definition) is 2. The van der Waals surface area contributed by atoms with Gasteiger partial charge in [0.2, 0.25) is 0 Å². The number of piperidine rings is 1. The highest BCUT2D eigenvalue weighted by Crippen LogP contribution is 2.27. The molecule has 2 saturated heterocycles. The van der Waals surface area contributed by atoms with Crippen LogP contribution in [0.2, 0.25) is 0 Å². The molecule has 0 aromatic heterocycles. The van der Waals surface area contributed by atoms with E-state index in [1.54, 1.807) is 0 Å². The van der Waals surface area contributed by atoms with Crippen LogP contribution in [0.4, 0.5) is 0 Å². The average molecular weight is 252 g/mol. The van der Waals surface area contributed by atoms with E-state index in [1.807, 2.05) is 0 Å². The van der Waals surface area contributed by atoms with Crippen molar-refractivity contribution in [3.63, 3.8) is 0 Å². The molecule has 0 spiro atoms. The number of fused-ring (bicyclic) bond motifs is 1. The van der Waals surface area contributed by atoms with Crippen LogP contribution < -0.4 is 5.32 Å². The maximum absolute atomic E-state index is 3.87. The first kappa shape index (κ1) is 14.3. The number of rotatable bonds is 7. The lowest BCUT2D eigenvalue weighted by molar-refractivity contribution is 0.164. The van der Waals surface area contributed by atoms with Crippen LogP contribution in [0.15, 0.2) is 0 Å². The van der Waals surface area contributed by atoms with Crippen LogP contribution in [-0.4, -0.2) is 36.6 Å². The maximum atomic E-state index is 3.87. The van der Waals surface area contributed by atoms with Gasteiger partial charge >= 0.3 is 0 Å². The molecule has 0 aromatic rings. The van der Waals surface area contributed by atoms with Gasteiger partial charge in [0.25, 0.3) is 0 Å².